The lowest BCUT2D eigenvalue weighted by Crippen LogP contribution is -2.14. The number of rotatable bonds is 0. The molecule has 0 fully saturated rings. The Morgan fingerprint density at radius 2 is 2.00 bits per heavy atom. The van der Waals surface area contributed by atoms with Gasteiger partial charge in [-0.25, -0.2) is 4.79 Å². The summed E-state index contributed by atoms with van der Waals surface area (Å²) >= 11 is 0. The molecule has 0 spiro atoms. The fourth-order valence-electron chi connectivity index (χ4n) is 1.91. The fourth-order valence-corrected chi connectivity index (χ4v) is 1.91. The van der Waals surface area contributed by atoms with Crippen molar-refractivity contribution in [1.29, 1.82) is 0 Å². The molecule has 1 aromatic rings. The zero-order valence-electron chi connectivity index (χ0n) is 7.39. The van der Waals surface area contributed by atoms with Crippen LogP contribution < -0.4 is 5.69 Å². The maximum atomic E-state index is 11.2. The second kappa shape index (κ2) is 2.81. The van der Waals surface area contributed by atoms with Crippen molar-refractivity contribution in [2.75, 3.05) is 0 Å². The van der Waals surface area contributed by atoms with Gasteiger partial charge < -0.3 is 4.98 Å². The molecule has 1 N–H and O–H groups in total. The van der Waals surface area contributed by atoms with Gasteiger partial charge >= 0.3 is 5.69 Å². The molecule has 1 heterocycles. The number of nitrogens with zero attached hydrogens (tertiary/aromatic N) is 1. The van der Waals surface area contributed by atoms with Crippen molar-refractivity contribution in [3.63, 3.8) is 0 Å². The normalized spacial score (nSPS) is 17.1. The van der Waals surface area contributed by atoms with Gasteiger partial charge in [0.1, 0.15) is 0 Å². The van der Waals surface area contributed by atoms with Gasteiger partial charge in [0, 0.05) is 18.4 Å². The second-order valence-corrected chi connectivity index (χ2v) is 3.48. The number of hydrogen-bond acceptors (Lipinski definition) is 1. The molecular formula is C9H14N2O. The summed E-state index contributed by atoms with van der Waals surface area (Å²) in [5, 5.41) is 0. The smallest absolute Gasteiger partial charge is 0.310 e. The zero-order chi connectivity index (χ0) is 8.55. The van der Waals surface area contributed by atoms with E-state index >= 15 is 0 Å². The van der Waals surface area contributed by atoms with Crippen molar-refractivity contribution in [2.45, 2.75) is 32.1 Å². The molecule has 0 radical (unpaired) electrons. The van der Waals surface area contributed by atoms with Crippen LogP contribution in [0.5, 0.6) is 0 Å². The predicted molar refractivity (Wildman–Crippen MR) is 47.3 cm³/mol. The summed E-state index contributed by atoms with van der Waals surface area (Å²) in [5.74, 6) is 0. The Morgan fingerprint density at radius 3 is 2.83 bits per heavy atom. The highest BCUT2D eigenvalue weighted by atomic mass is 16.1. The molecule has 3 heteroatoms. The maximum Gasteiger partial charge on any atom is 0.325 e. The van der Waals surface area contributed by atoms with Crippen LogP contribution in [0.1, 0.15) is 30.7 Å². The van der Waals surface area contributed by atoms with E-state index in [4.69, 9.17) is 0 Å². The molecule has 1 aliphatic carbocycles. The number of aromatic amines is 1. The molecule has 0 saturated heterocycles. The standard InChI is InChI=1S/C9H14N2O/c1-11-8-6-4-2-3-5-7(8)10-9(11)12/h2-6H2,1H3,(H,10,12). The fraction of sp³-hybridized carbons (Fsp3) is 0.667. The predicted octanol–water partition coefficient (Wildman–Crippen LogP) is 0.982. The number of hydrogen-bond donors (Lipinski definition) is 1. The Labute approximate surface area is 71.4 Å². The van der Waals surface area contributed by atoms with Crippen molar-refractivity contribution < 1.29 is 0 Å². The largest absolute Gasteiger partial charge is 0.325 e. The topological polar surface area (TPSA) is 37.8 Å². The molecule has 0 amide bonds. The molecule has 0 atom stereocenters. The van der Waals surface area contributed by atoms with E-state index in [1.807, 2.05) is 7.05 Å². The van der Waals surface area contributed by atoms with Gasteiger partial charge in [0.2, 0.25) is 0 Å². The van der Waals surface area contributed by atoms with Crippen LogP contribution in [0.15, 0.2) is 4.79 Å². The van der Waals surface area contributed by atoms with Gasteiger partial charge in [-0.05, 0) is 25.7 Å². The van der Waals surface area contributed by atoms with Crippen LogP contribution in [0.25, 0.3) is 0 Å². The second-order valence-electron chi connectivity index (χ2n) is 3.48. The first-order valence-corrected chi connectivity index (χ1v) is 4.56. The Kier molecular flexibility index (Phi) is 1.79. The first kappa shape index (κ1) is 7.65. The van der Waals surface area contributed by atoms with Crippen LogP contribution in [0.4, 0.5) is 0 Å². The molecule has 3 nitrogen and oxygen atoms in total. The van der Waals surface area contributed by atoms with Gasteiger partial charge in [0.25, 0.3) is 0 Å². The zero-order valence-corrected chi connectivity index (χ0v) is 7.39. The van der Waals surface area contributed by atoms with Crippen molar-refractivity contribution in [2.24, 2.45) is 7.05 Å². The van der Waals surface area contributed by atoms with Gasteiger partial charge in [-0.1, -0.05) is 6.42 Å². The number of aryl methyl sites for hydroxylation is 1. The van der Waals surface area contributed by atoms with E-state index in [9.17, 15) is 4.79 Å². The molecule has 66 valence electrons. The Morgan fingerprint density at radius 1 is 1.25 bits per heavy atom. The minimum atomic E-state index is 0.0434. The highest BCUT2D eigenvalue weighted by Crippen LogP contribution is 2.16. The molecule has 1 aliphatic rings. The van der Waals surface area contributed by atoms with Crippen LogP contribution >= 0.6 is 0 Å². The summed E-state index contributed by atoms with van der Waals surface area (Å²) in [7, 11) is 1.85. The molecule has 1 aromatic heterocycles. The van der Waals surface area contributed by atoms with Crippen molar-refractivity contribution in [3.8, 4) is 0 Å². The minimum absolute atomic E-state index is 0.0434. The summed E-state index contributed by atoms with van der Waals surface area (Å²) in [6.07, 6.45) is 5.83. The molecule has 0 aliphatic heterocycles. The summed E-state index contributed by atoms with van der Waals surface area (Å²) < 4.78 is 1.75. The lowest BCUT2D eigenvalue weighted by atomic mass is 10.2. The molecule has 0 saturated carbocycles. The summed E-state index contributed by atoms with van der Waals surface area (Å²) in [4.78, 5) is 14.1. The van der Waals surface area contributed by atoms with Crippen LogP contribution in [0.2, 0.25) is 0 Å². The van der Waals surface area contributed by atoms with Gasteiger partial charge in [-0.2, -0.15) is 0 Å². The van der Waals surface area contributed by atoms with E-state index in [1.165, 1.54) is 30.7 Å². The summed E-state index contributed by atoms with van der Waals surface area (Å²) in [6.45, 7) is 0. The maximum absolute atomic E-state index is 11.2. The Hall–Kier alpha value is -0.990. The molecule has 0 bridgehead atoms. The third kappa shape index (κ3) is 1.09. The Bertz CT molecular complexity index is 335. The Balaban J connectivity index is 2.49. The van der Waals surface area contributed by atoms with Crippen LogP contribution in [-0.4, -0.2) is 9.55 Å². The number of imidazole rings is 1. The van der Waals surface area contributed by atoms with Gasteiger partial charge in [0.05, 0.1) is 0 Å². The highest BCUT2D eigenvalue weighted by Gasteiger charge is 2.13. The van der Waals surface area contributed by atoms with E-state index in [2.05, 4.69) is 4.98 Å². The SMILES string of the molecule is Cn1c2c([nH]c1=O)CCCCC2. The van der Waals surface area contributed by atoms with E-state index in [0.717, 1.165) is 12.8 Å². The number of nitrogens with one attached hydrogen (secondary N) is 1. The third-order valence-corrected chi connectivity index (χ3v) is 2.66. The molecule has 12 heavy (non-hydrogen) atoms. The number of aromatic nitrogens is 2. The number of H-pyrrole nitrogens is 1. The summed E-state index contributed by atoms with van der Waals surface area (Å²) in [6, 6.07) is 0. The lowest BCUT2D eigenvalue weighted by Gasteiger charge is -1.98. The minimum Gasteiger partial charge on any atom is -0.310 e. The van der Waals surface area contributed by atoms with Crippen molar-refractivity contribution in [3.05, 3.63) is 21.9 Å². The van der Waals surface area contributed by atoms with Crippen LogP contribution in [-0.2, 0) is 19.9 Å². The number of fused-ring (bicyclic) bond motifs is 1. The van der Waals surface area contributed by atoms with E-state index in [-0.39, 0.29) is 5.69 Å². The van der Waals surface area contributed by atoms with Gasteiger partial charge in [0.15, 0.2) is 0 Å². The van der Waals surface area contributed by atoms with Gasteiger partial charge in [-0.15, -0.1) is 0 Å². The lowest BCUT2D eigenvalue weighted by molar-refractivity contribution is 0.682. The van der Waals surface area contributed by atoms with Crippen molar-refractivity contribution >= 4 is 0 Å². The van der Waals surface area contributed by atoms with E-state index < -0.39 is 0 Å². The average Bonchev–Trinajstić information content (AvgIpc) is 2.30. The molecule has 0 unspecified atom stereocenters. The van der Waals surface area contributed by atoms with Crippen molar-refractivity contribution in [1.82, 2.24) is 9.55 Å². The van der Waals surface area contributed by atoms with E-state index in [1.54, 1.807) is 4.57 Å². The molecule has 0 aromatic carbocycles. The molecule has 2 rings (SSSR count). The molecular weight excluding hydrogens is 152 g/mol. The first-order valence-electron chi connectivity index (χ1n) is 4.56. The monoisotopic (exact) mass is 166 g/mol. The van der Waals surface area contributed by atoms with Gasteiger partial charge in [-0.3, -0.25) is 4.57 Å². The van der Waals surface area contributed by atoms with Crippen LogP contribution in [0.3, 0.4) is 0 Å². The third-order valence-electron chi connectivity index (χ3n) is 2.66. The summed E-state index contributed by atoms with van der Waals surface area (Å²) in [5.41, 5.74) is 2.43. The quantitative estimate of drug-likeness (QED) is 0.573. The average molecular weight is 166 g/mol. The van der Waals surface area contributed by atoms with E-state index in [0.29, 0.717) is 0 Å². The van der Waals surface area contributed by atoms with Crippen LogP contribution in [0, 0.1) is 0 Å². The first-order chi connectivity index (χ1) is 5.79. The highest BCUT2D eigenvalue weighted by molar-refractivity contribution is 5.14.